The van der Waals surface area contributed by atoms with Crippen LogP contribution in [0.15, 0.2) is 35.1 Å². The second-order valence-corrected chi connectivity index (χ2v) is 6.35. The largest absolute Gasteiger partial charge is 0.481 e. The molecule has 1 heterocycles. The molecule has 0 radical (unpaired) electrons. The van der Waals surface area contributed by atoms with Gasteiger partial charge in [0.15, 0.2) is 0 Å². The van der Waals surface area contributed by atoms with Crippen LogP contribution in [0.25, 0.3) is 11.5 Å². The van der Waals surface area contributed by atoms with E-state index >= 15 is 0 Å². The van der Waals surface area contributed by atoms with Crippen LogP contribution in [0.4, 0.5) is 10.5 Å². The van der Waals surface area contributed by atoms with Gasteiger partial charge in [0, 0.05) is 17.3 Å². The third-order valence-corrected chi connectivity index (χ3v) is 4.57. The van der Waals surface area contributed by atoms with Crippen molar-refractivity contribution in [3.05, 3.63) is 36.2 Å². The molecule has 3 N–H and O–H groups in total. The maximum absolute atomic E-state index is 12.2. The number of urea groups is 1. The summed E-state index contributed by atoms with van der Waals surface area (Å²) in [5.41, 5.74) is 2.47. The number of aromatic nitrogens is 1. The molecule has 7 nitrogen and oxygen atoms in total. The molecule has 0 spiro atoms. The lowest BCUT2D eigenvalue weighted by Gasteiger charge is -2.26. The van der Waals surface area contributed by atoms with Crippen molar-refractivity contribution >= 4 is 17.7 Å². The number of carbonyl (C=O) groups is 2. The summed E-state index contributed by atoms with van der Waals surface area (Å²) in [4.78, 5) is 27.3. The van der Waals surface area contributed by atoms with Gasteiger partial charge in [0.05, 0.1) is 12.1 Å². The molecule has 1 aromatic heterocycles. The molecule has 0 saturated heterocycles. The van der Waals surface area contributed by atoms with Crippen molar-refractivity contribution in [2.75, 3.05) is 5.32 Å². The molecular formula is C18H21N3O4. The van der Waals surface area contributed by atoms with E-state index in [1.165, 1.54) is 6.26 Å². The highest BCUT2D eigenvalue weighted by atomic mass is 16.4. The second-order valence-electron chi connectivity index (χ2n) is 6.35. The van der Waals surface area contributed by atoms with E-state index in [2.05, 4.69) is 15.6 Å². The summed E-state index contributed by atoms with van der Waals surface area (Å²) < 4.78 is 5.32. The van der Waals surface area contributed by atoms with Crippen molar-refractivity contribution in [1.82, 2.24) is 10.3 Å². The molecule has 1 fully saturated rings. The molecule has 0 aliphatic heterocycles. The van der Waals surface area contributed by atoms with Crippen LogP contribution in [0.2, 0.25) is 0 Å². The summed E-state index contributed by atoms with van der Waals surface area (Å²) in [6.45, 7) is 1.95. The van der Waals surface area contributed by atoms with Gasteiger partial charge in [-0.2, -0.15) is 0 Å². The molecule has 1 saturated carbocycles. The Labute approximate surface area is 145 Å². The van der Waals surface area contributed by atoms with Crippen molar-refractivity contribution in [2.24, 2.45) is 5.92 Å². The number of aryl methyl sites for hydroxylation is 1. The molecule has 1 aliphatic carbocycles. The van der Waals surface area contributed by atoms with E-state index in [0.717, 1.165) is 11.1 Å². The van der Waals surface area contributed by atoms with Gasteiger partial charge in [-0.25, -0.2) is 9.78 Å². The number of nitrogens with zero attached hydrogens (tertiary/aromatic N) is 1. The number of carboxylic acid groups (broad SMARTS) is 1. The molecule has 7 heteroatoms. The topological polar surface area (TPSA) is 104 Å². The van der Waals surface area contributed by atoms with Gasteiger partial charge in [-0.05, 0) is 50.3 Å². The lowest BCUT2D eigenvalue weighted by atomic mass is 9.86. The SMILES string of the molecule is Cc1ccc(NC(=O)NC2CCC(C(=O)O)CC2)cc1-c1ncco1. The summed E-state index contributed by atoms with van der Waals surface area (Å²) in [7, 11) is 0. The van der Waals surface area contributed by atoms with E-state index in [-0.39, 0.29) is 18.0 Å². The summed E-state index contributed by atoms with van der Waals surface area (Å²) >= 11 is 0. The number of anilines is 1. The Bertz CT molecular complexity index is 750. The van der Waals surface area contributed by atoms with Crippen LogP contribution in [0.5, 0.6) is 0 Å². The lowest BCUT2D eigenvalue weighted by molar-refractivity contribution is -0.142. The first kappa shape index (κ1) is 17.0. The van der Waals surface area contributed by atoms with E-state index in [9.17, 15) is 9.59 Å². The second kappa shape index (κ2) is 7.38. The van der Waals surface area contributed by atoms with E-state index in [4.69, 9.17) is 9.52 Å². The van der Waals surface area contributed by atoms with Crippen LogP contribution in [-0.4, -0.2) is 28.1 Å². The predicted octanol–water partition coefficient (Wildman–Crippen LogP) is 3.41. The minimum Gasteiger partial charge on any atom is -0.481 e. The first-order valence-corrected chi connectivity index (χ1v) is 8.34. The fraction of sp³-hybridized carbons (Fsp3) is 0.389. The third kappa shape index (κ3) is 4.17. The summed E-state index contributed by atoms with van der Waals surface area (Å²) in [5, 5.41) is 14.7. The van der Waals surface area contributed by atoms with Gasteiger partial charge in [0.1, 0.15) is 6.26 Å². The monoisotopic (exact) mass is 343 g/mol. The van der Waals surface area contributed by atoms with E-state index in [1.54, 1.807) is 6.20 Å². The van der Waals surface area contributed by atoms with Gasteiger partial charge in [-0.3, -0.25) is 4.79 Å². The average molecular weight is 343 g/mol. The molecule has 25 heavy (non-hydrogen) atoms. The van der Waals surface area contributed by atoms with E-state index in [0.29, 0.717) is 37.3 Å². The Morgan fingerprint density at radius 1 is 1.24 bits per heavy atom. The standard InChI is InChI=1S/C18H21N3O4/c1-11-2-5-14(10-15(11)16-19-8-9-25-16)21-18(24)20-13-6-3-12(4-7-13)17(22)23/h2,5,8-10,12-13H,3-4,6-7H2,1H3,(H,22,23)(H2,20,21,24). The molecule has 1 aromatic carbocycles. The minimum atomic E-state index is -0.748. The van der Waals surface area contributed by atoms with Gasteiger partial charge in [0.25, 0.3) is 0 Å². The zero-order valence-corrected chi connectivity index (χ0v) is 14.0. The average Bonchev–Trinajstić information content (AvgIpc) is 3.11. The summed E-state index contributed by atoms with van der Waals surface area (Å²) in [6.07, 6.45) is 5.64. The van der Waals surface area contributed by atoms with Crippen molar-refractivity contribution in [3.63, 3.8) is 0 Å². The Morgan fingerprint density at radius 3 is 2.64 bits per heavy atom. The van der Waals surface area contributed by atoms with Gasteiger partial charge in [-0.1, -0.05) is 6.07 Å². The van der Waals surface area contributed by atoms with Gasteiger partial charge in [-0.15, -0.1) is 0 Å². The van der Waals surface area contributed by atoms with Crippen LogP contribution in [0.3, 0.4) is 0 Å². The van der Waals surface area contributed by atoms with E-state index in [1.807, 2.05) is 25.1 Å². The number of hydrogen-bond acceptors (Lipinski definition) is 4. The molecule has 3 rings (SSSR count). The van der Waals surface area contributed by atoms with Crippen LogP contribution < -0.4 is 10.6 Å². The van der Waals surface area contributed by atoms with Crippen molar-refractivity contribution in [1.29, 1.82) is 0 Å². The molecule has 0 unspecified atom stereocenters. The molecule has 1 aliphatic rings. The smallest absolute Gasteiger partial charge is 0.319 e. The normalized spacial score (nSPS) is 20.0. The highest BCUT2D eigenvalue weighted by Gasteiger charge is 2.26. The minimum absolute atomic E-state index is 0.00672. The quantitative estimate of drug-likeness (QED) is 0.789. The van der Waals surface area contributed by atoms with Gasteiger partial charge in [0.2, 0.25) is 5.89 Å². The number of carbonyl (C=O) groups excluding carboxylic acids is 1. The molecule has 2 amide bonds. The van der Waals surface area contributed by atoms with Crippen LogP contribution in [-0.2, 0) is 4.79 Å². The van der Waals surface area contributed by atoms with Crippen LogP contribution in [0, 0.1) is 12.8 Å². The number of benzene rings is 1. The first-order chi connectivity index (χ1) is 12.0. The highest BCUT2D eigenvalue weighted by Crippen LogP contribution is 2.26. The Kier molecular flexibility index (Phi) is 5.02. The highest BCUT2D eigenvalue weighted by molar-refractivity contribution is 5.90. The molecule has 132 valence electrons. The predicted molar refractivity (Wildman–Crippen MR) is 92.2 cm³/mol. The van der Waals surface area contributed by atoms with E-state index < -0.39 is 5.97 Å². The van der Waals surface area contributed by atoms with Crippen LogP contribution >= 0.6 is 0 Å². The Balaban J connectivity index is 1.58. The first-order valence-electron chi connectivity index (χ1n) is 8.34. The molecule has 0 bridgehead atoms. The number of carboxylic acids is 1. The van der Waals surface area contributed by atoms with Crippen molar-refractivity contribution < 1.29 is 19.1 Å². The van der Waals surface area contributed by atoms with Crippen LogP contribution in [0.1, 0.15) is 31.2 Å². The molecular weight excluding hydrogens is 322 g/mol. The number of nitrogens with one attached hydrogen (secondary N) is 2. The maximum atomic E-state index is 12.2. The summed E-state index contributed by atoms with van der Waals surface area (Å²) in [5.74, 6) is -0.531. The van der Waals surface area contributed by atoms with Gasteiger partial charge >= 0.3 is 12.0 Å². The Hall–Kier alpha value is -2.83. The fourth-order valence-electron chi connectivity index (χ4n) is 3.12. The number of amides is 2. The zero-order chi connectivity index (χ0) is 17.8. The van der Waals surface area contributed by atoms with Crippen molar-refractivity contribution in [3.8, 4) is 11.5 Å². The third-order valence-electron chi connectivity index (χ3n) is 4.57. The number of aliphatic carboxylic acids is 1. The lowest BCUT2D eigenvalue weighted by Crippen LogP contribution is -2.40. The fourth-order valence-corrected chi connectivity index (χ4v) is 3.12. The number of oxazole rings is 1. The summed E-state index contributed by atoms with van der Waals surface area (Å²) in [6, 6.07) is 5.26. The Morgan fingerprint density at radius 2 is 2.00 bits per heavy atom. The maximum Gasteiger partial charge on any atom is 0.319 e. The zero-order valence-electron chi connectivity index (χ0n) is 14.0. The molecule has 0 atom stereocenters. The molecule has 2 aromatic rings. The number of rotatable bonds is 4. The van der Waals surface area contributed by atoms with Gasteiger partial charge < -0.3 is 20.2 Å². The van der Waals surface area contributed by atoms with Crippen molar-refractivity contribution in [2.45, 2.75) is 38.6 Å². The number of hydrogen-bond donors (Lipinski definition) is 3.